The van der Waals surface area contributed by atoms with E-state index in [1.54, 1.807) is 0 Å². The number of piperidine rings is 1. The van der Waals surface area contributed by atoms with Crippen molar-refractivity contribution >= 4 is 22.8 Å². The average Bonchev–Trinajstić information content (AvgIpc) is 3.18. The lowest BCUT2D eigenvalue weighted by molar-refractivity contribution is 0.110. The van der Waals surface area contributed by atoms with E-state index in [0.717, 1.165) is 65.1 Å². The molecule has 7 nitrogen and oxygen atoms in total. The van der Waals surface area contributed by atoms with Crippen molar-refractivity contribution in [2.24, 2.45) is 0 Å². The fourth-order valence-corrected chi connectivity index (χ4v) is 5.74. The molecule has 1 aromatic heterocycles. The van der Waals surface area contributed by atoms with Gasteiger partial charge in [-0.15, -0.1) is 0 Å². The molecule has 1 N–H and O–H groups in total. The van der Waals surface area contributed by atoms with Crippen LogP contribution in [0.15, 0.2) is 60.7 Å². The summed E-state index contributed by atoms with van der Waals surface area (Å²) in [5.74, 6) is 1.77. The molecule has 1 atom stereocenters. The zero-order chi connectivity index (χ0) is 26.2. The Morgan fingerprint density at radius 3 is 2.61 bits per heavy atom. The Labute approximate surface area is 224 Å². The van der Waals surface area contributed by atoms with Gasteiger partial charge in [0.2, 0.25) is 0 Å². The van der Waals surface area contributed by atoms with Gasteiger partial charge < -0.3 is 24.4 Å². The molecule has 2 aliphatic heterocycles. The number of benzene rings is 3. The van der Waals surface area contributed by atoms with Crippen molar-refractivity contribution in [2.75, 3.05) is 38.7 Å². The molecule has 2 aliphatic rings. The van der Waals surface area contributed by atoms with Crippen LogP contribution in [0.4, 0.5) is 10.5 Å². The number of ether oxygens (including phenoxy) is 1. The minimum atomic E-state index is 0.0996. The molecule has 196 valence electrons. The predicted octanol–water partition coefficient (Wildman–Crippen LogP) is 6.15. The molecule has 1 fully saturated rings. The summed E-state index contributed by atoms with van der Waals surface area (Å²) in [6.07, 6.45) is 3.17. The van der Waals surface area contributed by atoms with E-state index in [4.69, 9.17) is 4.74 Å². The molecule has 4 aromatic rings. The van der Waals surface area contributed by atoms with Gasteiger partial charge in [-0.3, -0.25) is 0 Å². The summed E-state index contributed by atoms with van der Waals surface area (Å²) in [5.41, 5.74) is 7.63. The maximum Gasteiger partial charge on any atom is 0.320 e. The lowest BCUT2D eigenvalue weighted by Crippen LogP contribution is -2.47. The van der Waals surface area contributed by atoms with Gasteiger partial charge in [0.05, 0.1) is 30.2 Å². The number of imidazole rings is 1. The number of aromatic nitrogens is 2. The average molecular weight is 510 g/mol. The Balaban J connectivity index is 1.25. The van der Waals surface area contributed by atoms with E-state index in [1.165, 1.54) is 11.3 Å². The van der Waals surface area contributed by atoms with Crippen LogP contribution in [0.25, 0.3) is 22.2 Å². The second kappa shape index (κ2) is 10.0. The van der Waals surface area contributed by atoms with Gasteiger partial charge >= 0.3 is 6.03 Å². The third-order valence-corrected chi connectivity index (χ3v) is 7.79. The number of fused-ring (bicyclic) bond motifs is 2. The predicted molar refractivity (Wildman–Crippen MR) is 152 cm³/mol. The first-order chi connectivity index (χ1) is 18.5. The molecule has 3 heterocycles. The summed E-state index contributed by atoms with van der Waals surface area (Å²) in [6, 6.07) is 21.4. The summed E-state index contributed by atoms with van der Waals surface area (Å²) in [4.78, 5) is 27.9. The number of carbonyl (C=O) groups is 1. The maximum atomic E-state index is 14.0. The van der Waals surface area contributed by atoms with Crippen LogP contribution in [0, 0.1) is 6.92 Å². The molecule has 0 radical (unpaired) electrons. The van der Waals surface area contributed by atoms with Crippen LogP contribution in [-0.4, -0.2) is 59.6 Å². The highest BCUT2D eigenvalue weighted by molar-refractivity contribution is 5.82. The minimum Gasteiger partial charge on any atom is -0.491 e. The standard InChI is InChI=1S/C31H35N5O2/c1-21-32-27-13-9-24(19-28(27)33-21)23-10-14-30-25(18-23)20-35(16-17-38-30)31(37)36-15-5-4-6-29(36)22-7-11-26(12-8-22)34(2)3/h7-14,18-19,29H,4-6,15-17,20H2,1-3H3,(H,32,33). The molecule has 6 rings (SSSR count). The lowest BCUT2D eigenvalue weighted by Gasteiger charge is -2.39. The number of nitrogens with zero attached hydrogens (tertiary/aromatic N) is 4. The van der Waals surface area contributed by atoms with Gasteiger partial charge in [0, 0.05) is 31.9 Å². The van der Waals surface area contributed by atoms with E-state index in [2.05, 4.69) is 68.3 Å². The molecule has 38 heavy (non-hydrogen) atoms. The van der Waals surface area contributed by atoms with Crippen LogP contribution in [0.5, 0.6) is 5.75 Å². The minimum absolute atomic E-state index is 0.0996. The molecule has 0 bridgehead atoms. The quantitative estimate of drug-likeness (QED) is 0.360. The third-order valence-electron chi connectivity index (χ3n) is 7.79. The van der Waals surface area contributed by atoms with Crippen LogP contribution >= 0.6 is 0 Å². The Hall–Kier alpha value is -4.00. The van der Waals surface area contributed by atoms with Gasteiger partial charge in [0.25, 0.3) is 0 Å². The molecule has 0 spiro atoms. The maximum absolute atomic E-state index is 14.0. The van der Waals surface area contributed by atoms with Gasteiger partial charge in [-0.1, -0.05) is 24.3 Å². The topological polar surface area (TPSA) is 64.7 Å². The molecule has 7 heteroatoms. The lowest BCUT2D eigenvalue weighted by atomic mass is 9.95. The van der Waals surface area contributed by atoms with Crippen LogP contribution in [0.2, 0.25) is 0 Å². The van der Waals surface area contributed by atoms with E-state index < -0.39 is 0 Å². The Bertz CT molecular complexity index is 1460. The van der Waals surface area contributed by atoms with Crippen molar-refractivity contribution in [3.05, 3.63) is 77.6 Å². The summed E-state index contributed by atoms with van der Waals surface area (Å²) >= 11 is 0. The van der Waals surface area contributed by atoms with Crippen LogP contribution < -0.4 is 9.64 Å². The summed E-state index contributed by atoms with van der Waals surface area (Å²) in [5, 5.41) is 0. The number of anilines is 1. The smallest absolute Gasteiger partial charge is 0.320 e. The summed E-state index contributed by atoms with van der Waals surface area (Å²) < 4.78 is 6.09. The van der Waals surface area contributed by atoms with Gasteiger partial charge in [0.1, 0.15) is 18.2 Å². The van der Waals surface area contributed by atoms with E-state index in [9.17, 15) is 4.79 Å². The number of nitrogens with one attached hydrogen (secondary N) is 1. The SMILES string of the molecule is Cc1nc2ccc(-c3ccc4c(c3)CN(C(=O)N3CCCCC3c3ccc(N(C)C)cc3)CCO4)cc2[nH]1. The van der Waals surface area contributed by atoms with E-state index >= 15 is 0 Å². The fourth-order valence-electron chi connectivity index (χ4n) is 5.74. The van der Waals surface area contributed by atoms with Crippen molar-refractivity contribution < 1.29 is 9.53 Å². The van der Waals surface area contributed by atoms with E-state index in [-0.39, 0.29) is 12.1 Å². The van der Waals surface area contributed by atoms with Crippen molar-refractivity contribution in [1.29, 1.82) is 0 Å². The largest absolute Gasteiger partial charge is 0.491 e. The molecule has 0 aliphatic carbocycles. The Morgan fingerprint density at radius 2 is 1.79 bits per heavy atom. The number of likely N-dealkylation sites (tertiary alicyclic amines) is 1. The van der Waals surface area contributed by atoms with Gasteiger partial charge in [-0.2, -0.15) is 0 Å². The first kappa shape index (κ1) is 24.3. The molecule has 1 unspecified atom stereocenters. The highest BCUT2D eigenvalue weighted by Gasteiger charge is 2.32. The van der Waals surface area contributed by atoms with Crippen LogP contribution in [-0.2, 0) is 6.54 Å². The molecular formula is C31H35N5O2. The highest BCUT2D eigenvalue weighted by atomic mass is 16.5. The molecule has 3 aromatic carbocycles. The molecule has 2 amide bonds. The number of aryl methyl sites for hydroxylation is 1. The van der Waals surface area contributed by atoms with Crippen LogP contribution in [0.1, 0.15) is 42.3 Å². The zero-order valence-electron chi connectivity index (χ0n) is 22.4. The first-order valence-corrected chi connectivity index (χ1v) is 13.5. The number of hydrogen-bond donors (Lipinski definition) is 1. The Kier molecular flexibility index (Phi) is 6.44. The van der Waals surface area contributed by atoms with Gasteiger partial charge in [-0.05, 0) is 79.3 Å². The molecule has 1 saturated heterocycles. The monoisotopic (exact) mass is 509 g/mol. The molecule has 0 saturated carbocycles. The third kappa shape index (κ3) is 4.69. The second-order valence-electron chi connectivity index (χ2n) is 10.6. The first-order valence-electron chi connectivity index (χ1n) is 13.5. The number of rotatable bonds is 3. The van der Waals surface area contributed by atoms with Crippen LogP contribution in [0.3, 0.4) is 0 Å². The van der Waals surface area contributed by atoms with Gasteiger partial charge in [-0.25, -0.2) is 9.78 Å². The van der Waals surface area contributed by atoms with Crippen molar-refractivity contribution in [2.45, 2.75) is 38.8 Å². The summed E-state index contributed by atoms with van der Waals surface area (Å²) in [6.45, 7) is 4.36. The van der Waals surface area contributed by atoms with E-state index in [0.29, 0.717) is 19.7 Å². The number of H-pyrrole nitrogens is 1. The second-order valence-corrected chi connectivity index (χ2v) is 10.6. The zero-order valence-corrected chi connectivity index (χ0v) is 22.4. The number of carbonyl (C=O) groups excluding carboxylic acids is 1. The van der Waals surface area contributed by atoms with Crippen molar-refractivity contribution in [1.82, 2.24) is 19.8 Å². The number of urea groups is 1. The van der Waals surface area contributed by atoms with Gasteiger partial charge in [0.15, 0.2) is 0 Å². The fraction of sp³-hybridized carbons (Fsp3) is 0.355. The van der Waals surface area contributed by atoms with E-state index in [1.807, 2.05) is 38.1 Å². The highest BCUT2D eigenvalue weighted by Crippen LogP contribution is 2.35. The molecular weight excluding hydrogens is 474 g/mol. The van der Waals surface area contributed by atoms with Crippen molar-refractivity contribution in [3.8, 4) is 16.9 Å². The normalized spacial score (nSPS) is 17.6. The Morgan fingerprint density at radius 1 is 1.00 bits per heavy atom. The summed E-state index contributed by atoms with van der Waals surface area (Å²) in [7, 11) is 4.10. The van der Waals surface area contributed by atoms with Crippen molar-refractivity contribution in [3.63, 3.8) is 0 Å². The number of hydrogen-bond acceptors (Lipinski definition) is 4. The number of aromatic amines is 1. The number of amides is 2.